The zero-order valence-electron chi connectivity index (χ0n) is 9.09. The number of urea groups is 1. The van der Waals surface area contributed by atoms with Gasteiger partial charge in [0.05, 0.1) is 6.54 Å². The predicted octanol–water partition coefficient (Wildman–Crippen LogP) is 2.43. The van der Waals surface area contributed by atoms with Gasteiger partial charge in [-0.2, -0.15) is 0 Å². The van der Waals surface area contributed by atoms with Crippen LogP contribution in [0.25, 0.3) is 0 Å². The van der Waals surface area contributed by atoms with Crippen molar-refractivity contribution in [2.45, 2.75) is 20.4 Å². The first kappa shape index (κ1) is 11.8. The quantitative estimate of drug-likeness (QED) is 0.758. The van der Waals surface area contributed by atoms with Gasteiger partial charge in [0.2, 0.25) is 0 Å². The fraction of sp³-hybridized carbons (Fsp3) is 0.364. The Balaban J connectivity index is 2.25. The molecule has 0 spiro atoms. The highest BCUT2D eigenvalue weighted by atomic mass is 32.1. The molecule has 1 aromatic heterocycles. The molecule has 1 rings (SSSR count). The SMILES string of the molecule is C=C(C)CNC(=O)NCc1ccc(C)s1. The number of rotatable bonds is 4. The third-order valence-electron chi connectivity index (χ3n) is 1.77. The number of thiophene rings is 1. The lowest BCUT2D eigenvalue weighted by molar-refractivity contribution is 0.241. The Morgan fingerprint density at radius 3 is 2.73 bits per heavy atom. The summed E-state index contributed by atoms with van der Waals surface area (Å²) in [5.41, 5.74) is 0.942. The van der Waals surface area contributed by atoms with Gasteiger partial charge in [-0.05, 0) is 26.0 Å². The Morgan fingerprint density at radius 1 is 1.47 bits per heavy atom. The molecule has 4 heteroatoms. The zero-order valence-corrected chi connectivity index (χ0v) is 9.91. The van der Waals surface area contributed by atoms with Crippen LogP contribution in [0.15, 0.2) is 24.3 Å². The van der Waals surface area contributed by atoms with Gasteiger partial charge in [-0.1, -0.05) is 12.2 Å². The Kier molecular flexibility index (Phi) is 4.37. The molecule has 0 atom stereocenters. The van der Waals surface area contributed by atoms with E-state index in [2.05, 4.69) is 24.1 Å². The number of nitrogens with one attached hydrogen (secondary N) is 2. The van der Waals surface area contributed by atoms with Crippen molar-refractivity contribution in [3.05, 3.63) is 34.0 Å². The lowest BCUT2D eigenvalue weighted by atomic mass is 10.3. The molecule has 0 saturated carbocycles. The molecular formula is C11H16N2OS. The molecule has 15 heavy (non-hydrogen) atoms. The zero-order chi connectivity index (χ0) is 11.3. The largest absolute Gasteiger partial charge is 0.334 e. The normalized spacial score (nSPS) is 9.73. The van der Waals surface area contributed by atoms with E-state index in [1.807, 2.05) is 19.1 Å². The highest BCUT2D eigenvalue weighted by molar-refractivity contribution is 7.11. The van der Waals surface area contributed by atoms with E-state index in [4.69, 9.17) is 0 Å². The minimum atomic E-state index is -0.149. The molecule has 1 aromatic rings. The number of amides is 2. The highest BCUT2D eigenvalue weighted by Crippen LogP contribution is 2.14. The van der Waals surface area contributed by atoms with Gasteiger partial charge in [0.1, 0.15) is 0 Å². The van der Waals surface area contributed by atoms with E-state index in [0.29, 0.717) is 13.1 Å². The van der Waals surface area contributed by atoms with Crippen LogP contribution in [0, 0.1) is 6.92 Å². The predicted molar refractivity (Wildman–Crippen MR) is 64.1 cm³/mol. The van der Waals surface area contributed by atoms with Gasteiger partial charge in [-0.15, -0.1) is 11.3 Å². The molecule has 0 aliphatic rings. The van der Waals surface area contributed by atoms with E-state index in [1.165, 1.54) is 4.88 Å². The molecule has 0 bridgehead atoms. The van der Waals surface area contributed by atoms with Crippen LogP contribution in [0.4, 0.5) is 4.79 Å². The number of hydrogen-bond acceptors (Lipinski definition) is 2. The topological polar surface area (TPSA) is 41.1 Å². The first-order valence-electron chi connectivity index (χ1n) is 4.79. The van der Waals surface area contributed by atoms with Crippen molar-refractivity contribution in [2.75, 3.05) is 6.54 Å². The van der Waals surface area contributed by atoms with Gasteiger partial charge < -0.3 is 10.6 Å². The van der Waals surface area contributed by atoms with Gasteiger partial charge in [0.25, 0.3) is 0 Å². The highest BCUT2D eigenvalue weighted by Gasteiger charge is 2.00. The van der Waals surface area contributed by atoms with Crippen molar-refractivity contribution >= 4 is 17.4 Å². The van der Waals surface area contributed by atoms with Crippen LogP contribution in [0.2, 0.25) is 0 Å². The van der Waals surface area contributed by atoms with Gasteiger partial charge in [-0.25, -0.2) is 4.79 Å². The first-order chi connectivity index (χ1) is 7.08. The van der Waals surface area contributed by atoms with Crippen LogP contribution >= 0.6 is 11.3 Å². The van der Waals surface area contributed by atoms with Crippen LogP contribution < -0.4 is 10.6 Å². The van der Waals surface area contributed by atoms with Gasteiger partial charge in [0, 0.05) is 16.3 Å². The van der Waals surface area contributed by atoms with Crippen molar-refractivity contribution in [2.24, 2.45) is 0 Å². The van der Waals surface area contributed by atoms with Crippen molar-refractivity contribution in [1.29, 1.82) is 0 Å². The Bertz CT molecular complexity index is 357. The molecule has 0 aromatic carbocycles. The van der Waals surface area contributed by atoms with E-state index in [1.54, 1.807) is 11.3 Å². The van der Waals surface area contributed by atoms with Gasteiger partial charge in [0.15, 0.2) is 0 Å². The van der Waals surface area contributed by atoms with Crippen molar-refractivity contribution in [3.8, 4) is 0 Å². The second kappa shape index (κ2) is 5.56. The summed E-state index contributed by atoms with van der Waals surface area (Å²) in [4.78, 5) is 13.7. The summed E-state index contributed by atoms with van der Waals surface area (Å²) in [6.07, 6.45) is 0. The summed E-state index contributed by atoms with van der Waals surface area (Å²) in [5, 5.41) is 5.50. The fourth-order valence-electron chi connectivity index (χ4n) is 1.04. The molecule has 2 amide bonds. The van der Waals surface area contributed by atoms with Crippen molar-refractivity contribution in [1.82, 2.24) is 10.6 Å². The second-order valence-electron chi connectivity index (χ2n) is 3.51. The number of carbonyl (C=O) groups excluding carboxylic acids is 1. The average Bonchev–Trinajstić information content (AvgIpc) is 2.58. The minimum Gasteiger partial charge on any atom is -0.334 e. The van der Waals surface area contributed by atoms with E-state index in [9.17, 15) is 4.79 Å². The summed E-state index contributed by atoms with van der Waals surface area (Å²) < 4.78 is 0. The van der Waals surface area contributed by atoms with Gasteiger partial charge in [-0.3, -0.25) is 0 Å². The molecule has 3 nitrogen and oxygen atoms in total. The average molecular weight is 224 g/mol. The summed E-state index contributed by atoms with van der Waals surface area (Å²) in [6, 6.07) is 3.93. The van der Waals surface area contributed by atoms with Crippen LogP contribution in [0.1, 0.15) is 16.7 Å². The third-order valence-corrected chi connectivity index (χ3v) is 2.77. The minimum absolute atomic E-state index is 0.149. The molecule has 82 valence electrons. The third kappa shape index (κ3) is 4.65. The summed E-state index contributed by atoms with van der Waals surface area (Å²) >= 11 is 1.69. The lowest BCUT2D eigenvalue weighted by Crippen LogP contribution is -2.35. The maximum absolute atomic E-state index is 11.3. The van der Waals surface area contributed by atoms with Crippen molar-refractivity contribution < 1.29 is 4.79 Å². The molecule has 0 fully saturated rings. The molecule has 2 N–H and O–H groups in total. The molecule has 0 saturated heterocycles. The van der Waals surface area contributed by atoms with E-state index < -0.39 is 0 Å². The van der Waals surface area contributed by atoms with Crippen molar-refractivity contribution in [3.63, 3.8) is 0 Å². The second-order valence-corrected chi connectivity index (χ2v) is 4.88. The van der Waals surface area contributed by atoms with Crippen LogP contribution in [0.5, 0.6) is 0 Å². The number of aryl methyl sites for hydroxylation is 1. The maximum atomic E-state index is 11.3. The summed E-state index contributed by atoms with van der Waals surface area (Å²) in [5.74, 6) is 0. The maximum Gasteiger partial charge on any atom is 0.315 e. The number of carbonyl (C=O) groups is 1. The molecule has 0 unspecified atom stereocenters. The Labute approximate surface area is 94.2 Å². The van der Waals surface area contributed by atoms with Gasteiger partial charge >= 0.3 is 6.03 Å². The smallest absolute Gasteiger partial charge is 0.315 e. The Hall–Kier alpha value is -1.29. The van der Waals surface area contributed by atoms with Crippen LogP contribution in [-0.2, 0) is 6.54 Å². The summed E-state index contributed by atoms with van der Waals surface area (Å²) in [6.45, 7) is 8.74. The lowest BCUT2D eigenvalue weighted by Gasteiger charge is -2.05. The fourth-order valence-corrected chi connectivity index (χ4v) is 1.87. The van der Waals surface area contributed by atoms with Crippen LogP contribution in [0.3, 0.4) is 0 Å². The summed E-state index contributed by atoms with van der Waals surface area (Å²) in [7, 11) is 0. The monoisotopic (exact) mass is 224 g/mol. The molecule has 0 aliphatic heterocycles. The number of hydrogen-bond donors (Lipinski definition) is 2. The van der Waals surface area contributed by atoms with E-state index in [0.717, 1.165) is 10.5 Å². The van der Waals surface area contributed by atoms with E-state index in [-0.39, 0.29) is 6.03 Å². The molecule has 0 radical (unpaired) electrons. The van der Waals surface area contributed by atoms with Crippen LogP contribution in [-0.4, -0.2) is 12.6 Å². The standard InChI is InChI=1S/C11H16N2OS/c1-8(2)6-12-11(14)13-7-10-5-4-9(3)15-10/h4-5H,1,6-7H2,2-3H3,(H2,12,13,14). The molecule has 1 heterocycles. The first-order valence-corrected chi connectivity index (χ1v) is 5.61. The van der Waals surface area contributed by atoms with E-state index >= 15 is 0 Å². The molecule has 0 aliphatic carbocycles. The Morgan fingerprint density at radius 2 is 2.20 bits per heavy atom. The molecular weight excluding hydrogens is 208 g/mol.